The molecule has 3 aromatic rings. The molecule has 2 aromatic heterocycles. The highest BCUT2D eigenvalue weighted by Gasteiger charge is 2.13. The van der Waals surface area contributed by atoms with Gasteiger partial charge >= 0.3 is 0 Å². The summed E-state index contributed by atoms with van der Waals surface area (Å²) in [7, 11) is 0. The summed E-state index contributed by atoms with van der Waals surface area (Å²) in [5, 5.41) is 14.5. The lowest BCUT2D eigenvalue weighted by atomic mass is 10.2. The first kappa shape index (κ1) is 11.9. The predicted octanol–water partition coefficient (Wildman–Crippen LogP) is 3.00. The fourth-order valence-electron chi connectivity index (χ4n) is 2.50. The number of aromatic hydroxyl groups is 1. The maximum absolute atomic E-state index is 9.79. The number of hydrogen-bond donors (Lipinski definition) is 3. The van der Waals surface area contributed by atoms with Gasteiger partial charge in [0.15, 0.2) is 5.65 Å². The Bertz CT molecular complexity index is 726. The van der Waals surface area contributed by atoms with Crippen molar-refractivity contribution in [3.8, 4) is 5.75 Å². The largest absolute Gasteiger partial charge is 0.507 e. The third kappa shape index (κ3) is 1.82. The molecule has 5 heteroatoms. The summed E-state index contributed by atoms with van der Waals surface area (Å²) >= 11 is 0. The second-order valence-corrected chi connectivity index (χ2v) is 4.87. The molecule has 100 valence electrons. The van der Waals surface area contributed by atoms with Crippen LogP contribution in [-0.4, -0.2) is 19.9 Å². The number of hydrogen-bond acceptors (Lipinski definition) is 3. The van der Waals surface area contributed by atoms with Gasteiger partial charge in [0.05, 0.1) is 22.0 Å². The fourth-order valence-corrected chi connectivity index (χ4v) is 2.50. The Balaban J connectivity index is 2.12. The van der Waals surface area contributed by atoms with Crippen LogP contribution in [0.2, 0.25) is 0 Å². The van der Waals surface area contributed by atoms with Crippen molar-refractivity contribution in [2.75, 3.05) is 5.73 Å². The number of anilines is 1. The van der Waals surface area contributed by atoms with E-state index in [0.29, 0.717) is 11.1 Å². The van der Waals surface area contributed by atoms with Gasteiger partial charge in [-0.3, -0.25) is 4.68 Å². The first-order valence-electron chi connectivity index (χ1n) is 6.67. The number of nitrogens with two attached hydrogens (primary N) is 1. The summed E-state index contributed by atoms with van der Waals surface area (Å²) in [6.07, 6.45) is 5.36. The van der Waals surface area contributed by atoms with Crippen LogP contribution >= 0.6 is 0 Å². The number of aromatic amines is 1. The minimum absolute atomic E-state index is 0.195. The summed E-state index contributed by atoms with van der Waals surface area (Å²) in [5.41, 5.74) is 8.32. The molecule has 5 nitrogen and oxygen atoms in total. The highest BCUT2D eigenvalue weighted by atomic mass is 16.3. The predicted molar refractivity (Wildman–Crippen MR) is 77.2 cm³/mol. The summed E-state index contributed by atoms with van der Waals surface area (Å²) in [4.78, 5) is 4.59. The van der Waals surface area contributed by atoms with E-state index in [2.05, 4.69) is 17.0 Å². The number of H-pyrrole nitrogens is 1. The van der Waals surface area contributed by atoms with Crippen LogP contribution in [0.3, 0.4) is 0 Å². The van der Waals surface area contributed by atoms with E-state index >= 15 is 0 Å². The van der Waals surface area contributed by atoms with Gasteiger partial charge < -0.3 is 15.9 Å². The average Bonchev–Trinajstić information content (AvgIpc) is 2.96. The average molecular weight is 258 g/mol. The lowest BCUT2D eigenvalue weighted by molar-refractivity contribution is 0.483. The van der Waals surface area contributed by atoms with Gasteiger partial charge in [0.1, 0.15) is 5.75 Å². The Morgan fingerprint density at radius 3 is 3.00 bits per heavy atom. The molecule has 0 atom stereocenters. The molecule has 19 heavy (non-hydrogen) atoms. The second kappa shape index (κ2) is 4.50. The summed E-state index contributed by atoms with van der Waals surface area (Å²) in [6.45, 7) is 3.09. The fraction of sp³-hybridized carbons (Fsp3) is 0.357. The third-order valence-corrected chi connectivity index (χ3v) is 3.54. The molecule has 0 radical (unpaired) electrons. The van der Waals surface area contributed by atoms with E-state index in [1.165, 1.54) is 12.8 Å². The molecule has 0 unspecified atom stereocenters. The summed E-state index contributed by atoms with van der Waals surface area (Å²) in [5.74, 6) is 0.195. The van der Waals surface area contributed by atoms with Crippen molar-refractivity contribution in [1.29, 1.82) is 0 Å². The Hall–Kier alpha value is -2.17. The Kier molecular flexibility index (Phi) is 2.81. The van der Waals surface area contributed by atoms with Gasteiger partial charge in [0.25, 0.3) is 0 Å². The highest BCUT2D eigenvalue weighted by Crippen LogP contribution is 2.35. The smallest absolute Gasteiger partial charge is 0.158 e. The number of nitrogens with one attached hydrogen (secondary N) is 1. The number of pyridine rings is 1. The molecule has 0 aliphatic carbocycles. The molecule has 0 saturated carbocycles. The van der Waals surface area contributed by atoms with Crippen LogP contribution in [0, 0.1) is 0 Å². The molecule has 0 aliphatic heterocycles. The van der Waals surface area contributed by atoms with E-state index in [-0.39, 0.29) is 5.75 Å². The zero-order valence-corrected chi connectivity index (χ0v) is 11.0. The molecule has 4 N–H and O–H groups in total. The van der Waals surface area contributed by atoms with Crippen molar-refractivity contribution in [3.63, 3.8) is 0 Å². The van der Waals surface area contributed by atoms with Crippen LogP contribution in [0.4, 0.5) is 5.69 Å². The lowest BCUT2D eigenvalue weighted by Crippen LogP contribution is -2.01. The third-order valence-electron chi connectivity index (χ3n) is 3.54. The molecule has 1 aromatic carbocycles. The minimum Gasteiger partial charge on any atom is -0.507 e. The SMILES string of the molecule is CCCCCn1[nH]cc2c(N)c3c(O)ccc3nc21. The first-order valence-corrected chi connectivity index (χ1v) is 6.67. The van der Waals surface area contributed by atoms with Crippen molar-refractivity contribution in [2.45, 2.75) is 32.7 Å². The molecule has 3 rings (SSSR count). The first-order chi connectivity index (χ1) is 9.22. The number of aryl methyl sites for hydroxylation is 1. The maximum Gasteiger partial charge on any atom is 0.158 e. The maximum atomic E-state index is 9.79. The van der Waals surface area contributed by atoms with Gasteiger partial charge in [-0.1, -0.05) is 19.8 Å². The molecule has 0 aliphatic rings. The molecule has 0 spiro atoms. The van der Waals surface area contributed by atoms with Gasteiger partial charge in [0, 0.05) is 12.7 Å². The van der Waals surface area contributed by atoms with Crippen molar-refractivity contribution in [3.05, 3.63) is 18.3 Å². The van der Waals surface area contributed by atoms with E-state index in [1.807, 2.05) is 10.9 Å². The normalized spacial score (nSPS) is 11.6. The van der Waals surface area contributed by atoms with Crippen LogP contribution in [0.15, 0.2) is 18.3 Å². The minimum atomic E-state index is 0.195. The van der Waals surface area contributed by atoms with Gasteiger partial charge in [0.2, 0.25) is 0 Å². The molecule has 0 fully saturated rings. The molecule has 0 amide bonds. The van der Waals surface area contributed by atoms with E-state index in [4.69, 9.17) is 5.73 Å². The topological polar surface area (TPSA) is 79.9 Å². The number of nitrogen functional groups attached to an aromatic ring is 1. The number of rotatable bonds is 4. The van der Waals surface area contributed by atoms with Crippen molar-refractivity contribution < 1.29 is 5.11 Å². The second-order valence-electron chi connectivity index (χ2n) is 4.87. The Morgan fingerprint density at radius 1 is 1.37 bits per heavy atom. The monoisotopic (exact) mass is 258 g/mol. The van der Waals surface area contributed by atoms with Crippen LogP contribution in [-0.2, 0) is 6.54 Å². The molecule has 0 bridgehead atoms. The van der Waals surface area contributed by atoms with Crippen LogP contribution < -0.4 is 5.73 Å². The van der Waals surface area contributed by atoms with Crippen molar-refractivity contribution >= 4 is 27.6 Å². The van der Waals surface area contributed by atoms with Gasteiger partial charge in [-0.25, -0.2) is 4.98 Å². The van der Waals surface area contributed by atoms with Crippen LogP contribution in [0.5, 0.6) is 5.75 Å². The Labute approximate surface area is 111 Å². The zero-order chi connectivity index (χ0) is 13.4. The zero-order valence-electron chi connectivity index (χ0n) is 11.0. The molecule has 2 heterocycles. The van der Waals surface area contributed by atoms with Gasteiger partial charge in [-0.15, -0.1) is 0 Å². The summed E-state index contributed by atoms with van der Waals surface area (Å²) < 4.78 is 2.02. The quantitative estimate of drug-likeness (QED) is 0.629. The number of unbranched alkanes of at least 4 members (excludes halogenated alkanes) is 2. The number of aromatic nitrogens is 3. The standard InChI is InChI=1S/C14H18N4O/c1-2-3-4-7-18-14-9(8-16-18)13(15)12-10(17-14)5-6-11(12)19/h5-6,8,16,19H,2-4,7,15H2,1H3. The van der Waals surface area contributed by atoms with Crippen LogP contribution in [0.25, 0.3) is 21.9 Å². The number of nitrogens with zero attached hydrogens (tertiary/aromatic N) is 2. The Morgan fingerprint density at radius 2 is 2.21 bits per heavy atom. The molecular formula is C14H18N4O. The van der Waals surface area contributed by atoms with Crippen molar-refractivity contribution in [1.82, 2.24) is 14.8 Å². The lowest BCUT2D eigenvalue weighted by Gasteiger charge is -2.05. The van der Waals surface area contributed by atoms with Crippen LogP contribution in [0.1, 0.15) is 26.2 Å². The summed E-state index contributed by atoms with van der Waals surface area (Å²) in [6, 6.07) is 3.43. The molecule has 0 saturated heterocycles. The van der Waals surface area contributed by atoms with Gasteiger partial charge in [-0.2, -0.15) is 0 Å². The highest BCUT2D eigenvalue weighted by molar-refractivity contribution is 6.08. The van der Waals surface area contributed by atoms with E-state index in [9.17, 15) is 5.11 Å². The van der Waals surface area contributed by atoms with E-state index in [0.717, 1.165) is 29.5 Å². The van der Waals surface area contributed by atoms with E-state index < -0.39 is 0 Å². The van der Waals surface area contributed by atoms with Crippen molar-refractivity contribution in [2.24, 2.45) is 0 Å². The molecular weight excluding hydrogens is 240 g/mol. The van der Waals surface area contributed by atoms with E-state index in [1.54, 1.807) is 12.1 Å². The number of fused-ring (bicyclic) bond motifs is 2. The van der Waals surface area contributed by atoms with Gasteiger partial charge in [-0.05, 0) is 18.6 Å².